The topological polar surface area (TPSA) is 52.6 Å². The Morgan fingerprint density at radius 3 is 2.50 bits per heavy atom. The lowest BCUT2D eigenvalue weighted by molar-refractivity contribution is -0.125. The third-order valence-electron chi connectivity index (χ3n) is 2.78. The molecule has 0 saturated carbocycles. The number of likely N-dealkylation sites (N-methyl/N-ethyl adjacent to an activating group) is 1. The van der Waals surface area contributed by atoms with E-state index in [-0.39, 0.29) is 12.3 Å². The number of aliphatic hydroxyl groups is 1. The fraction of sp³-hybridized carbons (Fsp3) is 0.500. The van der Waals surface area contributed by atoms with E-state index in [1.165, 1.54) is 0 Å². The molecule has 1 aromatic rings. The summed E-state index contributed by atoms with van der Waals surface area (Å²) in [7, 11) is 3.90. The minimum Gasteiger partial charge on any atom is -0.385 e. The van der Waals surface area contributed by atoms with Crippen LogP contribution in [0, 0.1) is 0 Å². The standard InChI is InChI=1S/C14H22N2O2/c1-14(18,12-7-5-4-6-8-12)11-13(17)15-9-10-16(2)3/h4-8,18H,9-11H2,1-3H3,(H,15,17). The number of benzene rings is 1. The molecular formula is C14H22N2O2. The minimum atomic E-state index is -1.12. The van der Waals surface area contributed by atoms with Crippen LogP contribution in [0.1, 0.15) is 18.9 Å². The van der Waals surface area contributed by atoms with Gasteiger partial charge in [-0.25, -0.2) is 0 Å². The maximum atomic E-state index is 11.7. The van der Waals surface area contributed by atoms with Crippen molar-refractivity contribution in [1.29, 1.82) is 0 Å². The molecule has 0 aliphatic carbocycles. The van der Waals surface area contributed by atoms with Gasteiger partial charge in [-0.1, -0.05) is 30.3 Å². The first-order chi connectivity index (χ1) is 8.42. The Hall–Kier alpha value is -1.39. The van der Waals surface area contributed by atoms with Crippen LogP contribution in [0.25, 0.3) is 0 Å². The summed E-state index contributed by atoms with van der Waals surface area (Å²) in [5.41, 5.74) is -0.364. The van der Waals surface area contributed by atoms with Gasteiger partial charge in [0.2, 0.25) is 5.91 Å². The second-order valence-corrected chi connectivity index (χ2v) is 4.97. The van der Waals surface area contributed by atoms with Crippen molar-refractivity contribution < 1.29 is 9.90 Å². The molecule has 0 bridgehead atoms. The van der Waals surface area contributed by atoms with Gasteiger partial charge in [-0.3, -0.25) is 4.79 Å². The summed E-state index contributed by atoms with van der Waals surface area (Å²) in [6.45, 7) is 3.05. The molecule has 4 heteroatoms. The van der Waals surface area contributed by atoms with E-state index in [1.54, 1.807) is 6.92 Å². The Kier molecular flexibility index (Phi) is 5.31. The van der Waals surface area contributed by atoms with E-state index in [9.17, 15) is 9.90 Å². The molecule has 0 heterocycles. The summed E-state index contributed by atoms with van der Waals surface area (Å²) < 4.78 is 0. The molecule has 0 aliphatic heterocycles. The van der Waals surface area contributed by atoms with E-state index in [2.05, 4.69) is 5.32 Å². The monoisotopic (exact) mass is 250 g/mol. The van der Waals surface area contributed by atoms with Crippen molar-refractivity contribution in [2.45, 2.75) is 18.9 Å². The maximum absolute atomic E-state index is 11.7. The van der Waals surface area contributed by atoms with Crippen LogP contribution in [-0.4, -0.2) is 43.1 Å². The number of carbonyl (C=O) groups is 1. The third kappa shape index (κ3) is 4.85. The molecule has 1 amide bonds. The molecule has 1 unspecified atom stereocenters. The zero-order valence-electron chi connectivity index (χ0n) is 11.3. The quantitative estimate of drug-likeness (QED) is 0.791. The summed E-state index contributed by atoms with van der Waals surface area (Å²) in [5, 5.41) is 13.1. The predicted molar refractivity (Wildman–Crippen MR) is 72.2 cm³/mol. The molecule has 0 spiro atoms. The molecule has 1 aromatic carbocycles. The minimum absolute atomic E-state index is 0.0739. The number of hydrogen-bond donors (Lipinski definition) is 2. The predicted octanol–water partition coefficient (Wildman–Crippen LogP) is 0.962. The average Bonchev–Trinajstić information content (AvgIpc) is 2.29. The second-order valence-electron chi connectivity index (χ2n) is 4.97. The molecule has 0 fully saturated rings. The highest BCUT2D eigenvalue weighted by Crippen LogP contribution is 2.23. The van der Waals surface area contributed by atoms with Crippen LogP contribution in [-0.2, 0) is 10.4 Å². The molecule has 4 nitrogen and oxygen atoms in total. The van der Waals surface area contributed by atoms with Gasteiger partial charge in [0.1, 0.15) is 0 Å². The molecule has 0 radical (unpaired) electrons. The molecule has 0 aliphatic rings. The second kappa shape index (κ2) is 6.52. The van der Waals surface area contributed by atoms with Gasteiger partial charge >= 0.3 is 0 Å². The van der Waals surface area contributed by atoms with Crippen molar-refractivity contribution in [3.63, 3.8) is 0 Å². The number of carbonyl (C=O) groups excluding carboxylic acids is 1. The SMILES string of the molecule is CN(C)CCNC(=O)CC(C)(O)c1ccccc1. The molecule has 2 N–H and O–H groups in total. The summed E-state index contributed by atoms with van der Waals surface area (Å²) in [4.78, 5) is 13.7. The van der Waals surface area contributed by atoms with Crippen LogP contribution in [0.2, 0.25) is 0 Å². The van der Waals surface area contributed by atoms with Crippen molar-refractivity contribution in [2.75, 3.05) is 27.2 Å². The van der Waals surface area contributed by atoms with Crippen molar-refractivity contribution in [3.8, 4) is 0 Å². The van der Waals surface area contributed by atoms with Gasteiger partial charge in [0.25, 0.3) is 0 Å². The van der Waals surface area contributed by atoms with Gasteiger partial charge < -0.3 is 15.3 Å². The lowest BCUT2D eigenvalue weighted by Gasteiger charge is -2.23. The number of amides is 1. The van der Waals surface area contributed by atoms with Crippen LogP contribution in [0.4, 0.5) is 0 Å². The summed E-state index contributed by atoms with van der Waals surface area (Å²) in [5.74, 6) is -0.134. The van der Waals surface area contributed by atoms with E-state index in [1.807, 2.05) is 49.3 Å². The van der Waals surface area contributed by atoms with Crippen LogP contribution in [0.15, 0.2) is 30.3 Å². The smallest absolute Gasteiger partial charge is 0.223 e. The highest BCUT2D eigenvalue weighted by molar-refractivity contribution is 5.77. The molecule has 100 valence electrons. The van der Waals surface area contributed by atoms with Gasteiger partial charge in [-0.05, 0) is 26.6 Å². The van der Waals surface area contributed by atoms with Crippen molar-refractivity contribution in [3.05, 3.63) is 35.9 Å². The van der Waals surface area contributed by atoms with Crippen LogP contribution < -0.4 is 5.32 Å². The summed E-state index contributed by atoms with van der Waals surface area (Å²) in [6.07, 6.45) is 0.0739. The fourth-order valence-corrected chi connectivity index (χ4v) is 1.69. The highest BCUT2D eigenvalue weighted by atomic mass is 16.3. The molecule has 0 aromatic heterocycles. The molecular weight excluding hydrogens is 228 g/mol. The Balaban J connectivity index is 2.48. The van der Waals surface area contributed by atoms with E-state index >= 15 is 0 Å². The Morgan fingerprint density at radius 2 is 1.94 bits per heavy atom. The van der Waals surface area contributed by atoms with Crippen molar-refractivity contribution in [1.82, 2.24) is 10.2 Å². The number of hydrogen-bond acceptors (Lipinski definition) is 3. The Labute approximate surface area is 109 Å². The first kappa shape index (κ1) is 14.7. The summed E-state index contributed by atoms with van der Waals surface area (Å²) in [6, 6.07) is 9.25. The normalized spacial score (nSPS) is 14.3. The third-order valence-corrected chi connectivity index (χ3v) is 2.78. The van der Waals surface area contributed by atoms with E-state index in [0.29, 0.717) is 6.54 Å². The fourth-order valence-electron chi connectivity index (χ4n) is 1.69. The van der Waals surface area contributed by atoms with Crippen LogP contribution in [0.3, 0.4) is 0 Å². The van der Waals surface area contributed by atoms with Gasteiger partial charge in [-0.15, -0.1) is 0 Å². The molecule has 0 saturated heterocycles. The molecule has 18 heavy (non-hydrogen) atoms. The van der Waals surface area contributed by atoms with E-state index in [0.717, 1.165) is 12.1 Å². The number of rotatable bonds is 6. The van der Waals surface area contributed by atoms with Gasteiger partial charge in [0.05, 0.1) is 12.0 Å². The highest BCUT2D eigenvalue weighted by Gasteiger charge is 2.26. The Morgan fingerprint density at radius 1 is 1.33 bits per heavy atom. The van der Waals surface area contributed by atoms with Crippen molar-refractivity contribution in [2.24, 2.45) is 0 Å². The zero-order valence-corrected chi connectivity index (χ0v) is 11.3. The van der Waals surface area contributed by atoms with E-state index in [4.69, 9.17) is 0 Å². The molecule has 1 rings (SSSR count). The van der Waals surface area contributed by atoms with E-state index < -0.39 is 5.60 Å². The average molecular weight is 250 g/mol. The lowest BCUT2D eigenvalue weighted by atomic mass is 9.92. The largest absolute Gasteiger partial charge is 0.385 e. The van der Waals surface area contributed by atoms with Gasteiger partial charge in [0.15, 0.2) is 0 Å². The van der Waals surface area contributed by atoms with Crippen LogP contribution in [0.5, 0.6) is 0 Å². The first-order valence-electron chi connectivity index (χ1n) is 6.11. The Bertz CT molecular complexity index is 375. The summed E-state index contributed by atoms with van der Waals surface area (Å²) >= 11 is 0. The number of nitrogens with one attached hydrogen (secondary N) is 1. The molecule has 1 atom stereocenters. The number of nitrogens with zero attached hydrogens (tertiary/aromatic N) is 1. The van der Waals surface area contributed by atoms with Crippen molar-refractivity contribution >= 4 is 5.91 Å². The maximum Gasteiger partial charge on any atom is 0.223 e. The van der Waals surface area contributed by atoms with Gasteiger partial charge in [-0.2, -0.15) is 0 Å². The lowest BCUT2D eigenvalue weighted by Crippen LogP contribution is -2.36. The van der Waals surface area contributed by atoms with Crippen LogP contribution >= 0.6 is 0 Å². The first-order valence-corrected chi connectivity index (χ1v) is 6.11. The van der Waals surface area contributed by atoms with Gasteiger partial charge in [0, 0.05) is 13.1 Å². The zero-order chi connectivity index (χ0) is 13.6.